The fourth-order valence-electron chi connectivity index (χ4n) is 5.86. The van der Waals surface area contributed by atoms with Crippen LogP contribution in [0.4, 0.5) is 11.4 Å². The second-order valence-electron chi connectivity index (χ2n) is 11.2. The summed E-state index contributed by atoms with van der Waals surface area (Å²) in [6.45, 7) is 9.45. The van der Waals surface area contributed by atoms with Crippen LogP contribution in [0.1, 0.15) is 55.0 Å². The Bertz CT molecular complexity index is 1520. The van der Waals surface area contributed by atoms with E-state index in [1.807, 2.05) is 0 Å². The maximum Gasteiger partial charge on any atom is 0.163 e. The molecule has 0 amide bonds. The lowest BCUT2D eigenvalue weighted by Gasteiger charge is -2.34. The summed E-state index contributed by atoms with van der Waals surface area (Å²) in [6, 6.07) is 23.3. The van der Waals surface area contributed by atoms with Crippen LogP contribution in [0.5, 0.6) is 0 Å². The molecule has 0 bridgehead atoms. The van der Waals surface area contributed by atoms with Crippen molar-refractivity contribution in [2.75, 3.05) is 10.6 Å². The predicted molar refractivity (Wildman–Crippen MR) is 148 cm³/mol. The molecule has 0 saturated heterocycles. The van der Waals surface area contributed by atoms with Crippen molar-refractivity contribution in [3.63, 3.8) is 0 Å². The molecule has 6 rings (SSSR count). The molecule has 0 fully saturated rings. The molecule has 2 heterocycles. The number of aryl methyl sites for hydroxylation is 2. The van der Waals surface area contributed by atoms with Crippen LogP contribution in [-0.4, -0.2) is 10.4 Å². The van der Waals surface area contributed by atoms with E-state index in [-0.39, 0.29) is 17.2 Å². The fourth-order valence-corrected chi connectivity index (χ4v) is 5.86. The van der Waals surface area contributed by atoms with Gasteiger partial charge < -0.3 is 15.2 Å². The molecule has 36 heavy (non-hydrogen) atoms. The number of hydrogen-bond acceptors (Lipinski definition) is 3. The molecule has 0 unspecified atom stereocenters. The van der Waals surface area contributed by atoms with Crippen LogP contribution in [0.15, 0.2) is 84.2 Å². The van der Waals surface area contributed by atoms with Crippen molar-refractivity contribution < 1.29 is 4.79 Å². The summed E-state index contributed by atoms with van der Waals surface area (Å²) in [4.78, 5) is 13.8. The molecule has 4 nitrogen and oxygen atoms in total. The fraction of sp³-hybridized carbons (Fsp3) is 0.281. The Morgan fingerprint density at radius 1 is 0.917 bits per heavy atom. The Labute approximate surface area is 213 Å². The van der Waals surface area contributed by atoms with Gasteiger partial charge in [0.05, 0.1) is 17.4 Å². The molecule has 0 saturated carbocycles. The van der Waals surface area contributed by atoms with Crippen molar-refractivity contribution in [2.24, 2.45) is 5.41 Å². The van der Waals surface area contributed by atoms with Crippen molar-refractivity contribution in [3.8, 4) is 0 Å². The van der Waals surface area contributed by atoms with Crippen molar-refractivity contribution in [2.45, 2.75) is 53.1 Å². The van der Waals surface area contributed by atoms with Crippen molar-refractivity contribution in [1.29, 1.82) is 0 Å². The van der Waals surface area contributed by atoms with Gasteiger partial charge in [-0.05, 0) is 60.6 Å². The number of Topliss-reactive ketones (excluding diaryl/α,β-unsaturated/α-hetero) is 1. The topological polar surface area (TPSA) is 46.1 Å². The smallest absolute Gasteiger partial charge is 0.163 e. The largest absolute Gasteiger partial charge is 0.372 e. The van der Waals surface area contributed by atoms with Crippen LogP contribution in [0, 0.1) is 19.3 Å². The highest BCUT2D eigenvalue weighted by molar-refractivity contribution is 6.02. The first-order chi connectivity index (χ1) is 17.3. The third kappa shape index (κ3) is 3.91. The van der Waals surface area contributed by atoms with Gasteiger partial charge in [-0.1, -0.05) is 62.4 Å². The van der Waals surface area contributed by atoms with Gasteiger partial charge in [0.15, 0.2) is 5.78 Å². The first-order valence-electron chi connectivity index (χ1n) is 12.8. The Kier molecular flexibility index (Phi) is 5.29. The summed E-state index contributed by atoms with van der Waals surface area (Å²) in [5.74, 6) is 0.229. The van der Waals surface area contributed by atoms with E-state index >= 15 is 0 Å². The third-order valence-electron chi connectivity index (χ3n) is 7.75. The van der Waals surface area contributed by atoms with Gasteiger partial charge in [0.1, 0.15) is 0 Å². The van der Waals surface area contributed by atoms with Gasteiger partial charge in [0, 0.05) is 46.9 Å². The van der Waals surface area contributed by atoms with Gasteiger partial charge in [-0.3, -0.25) is 4.79 Å². The van der Waals surface area contributed by atoms with Crippen LogP contribution in [0.25, 0.3) is 10.9 Å². The summed E-state index contributed by atoms with van der Waals surface area (Å²) >= 11 is 0. The number of aromatic nitrogens is 1. The monoisotopic (exact) mass is 475 g/mol. The quantitative estimate of drug-likeness (QED) is 0.322. The Hall–Kier alpha value is -3.79. The van der Waals surface area contributed by atoms with E-state index in [4.69, 9.17) is 0 Å². The highest BCUT2D eigenvalue weighted by Gasteiger charge is 2.39. The van der Waals surface area contributed by atoms with Gasteiger partial charge in [0.2, 0.25) is 0 Å². The van der Waals surface area contributed by atoms with Gasteiger partial charge in [-0.2, -0.15) is 0 Å². The van der Waals surface area contributed by atoms with Gasteiger partial charge >= 0.3 is 0 Å². The van der Waals surface area contributed by atoms with Gasteiger partial charge in [-0.25, -0.2) is 0 Å². The van der Waals surface area contributed by atoms with Crippen LogP contribution < -0.4 is 10.6 Å². The maximum absolute atomic E-state index is 13.8. The second kappa shape index (κ2) is 8.41. The standard InChI is InChI=1S/C32H33N3O/c1-20-14-25-26(15-21(20)2)34-31(30-27(33-25)16-32(3,4)17-29(30)36)24-19-35(18-22-10-6-5-7-11-22)28-13-9-8-12-23(24)28/h5-15,19,31,33-34H,16-18H2,1-4H3/t31-/m1/s1. The number of carbonyl (C=O) groups excluding carboxylic acids is 1. The van der Waals surface area contributed by atoms with Gasteiger partial charge in [-0.15, -0.1) is 0 Å². The van der Waals surface area contributed by atoms with E-state index in [2.05, 4.69) is 116 Å². The average Bonchev–Trinajstić information content (AvgIpc) is 3.11. The van der Waals surface area contributed by atoms with Crippen LogP contribution in [0.3, 0.4) is 0 Å². The molecule has 1 aliphatic heterocycles. The minimum Gasteiger partial charge on any atom is -0.372 e. The molecule has 1 atom stereocenters. The number of benzene rings is 3. The number of anilines is 2. The summed E-state index contributed by atoms with van der Waals surface area (Å²) in [5, 5.41) is 8.70. The van der Waals surface area contributed by atoms with E-state index < -0.39 is 0 Å². The number of ketones is 1. The lowest BCUT2D eigenvalue weighted by molar-refractivity contribution is -0.118. The van der Waals surface area contributed by atoms with E-state index in [1.165, 1.54) is 27.6 Å². The summed E-state index contributed by atoms with van der Waals surface area (Å²) in [5.41, 5.74) is 10.0. The molecule has 4 aromatic rings. The van der Waals surface area contributed by atoms with E-state index in [1.54, 1.807) is 0 Å². The molecule has 2 N–H and O–H groups in total. The zero-order valence-corrected chi connectivity index (χ0v) is 21.5. The van der Waals surface area contributed by atoms with Crippen molar-refractivity contribution in [3.05, 3.63) is 106 Å². The second-order valence-corrected chi connectivity index (χ2v) is 11.2. The number of fused-ring (bicyclic) bond motifs is 2. The number of nitrogens with one attached hydrogen (secondary N) is 2. The minimum absolute atomic E-state index is 0.0704. The maximum atomic E-state index is 13.8. The molecule has 2 aliphatic rings. The van der Waals surface area contributed by atoms with Crippen LogP contribution in [-0.2, 0) is 11.3 Å². The third-order valence-corrected chi connectivity index (χ3v) is 7.75. The zero-order chi connectivity index (χ0) is 25.0. The Balaban J connectivity index is 1.55. The molecular weight excluding hydrogens is 442 g/mol. The molecule has 3 aromatic carbocycles. The van der Waals surface area contributed by atoms with Gasteiger partial charge in [0.25, 0.3) is 0 Å². The predicted octanol–water partition coefficient (Wildman–Crippen LogP) is 7.53. The Morgan fingerprint density at radius 2 is 1.61 bits per heavy atom. The molecule has 0 spiro atoms. The number of allylic oxidation sites excluding steroid dienone is 1. The first kappa shape index (κ1) is 22.7. The number of para-hydroxylation sites is 1. The van der Waals surface area contributed by atoms with E-state index in [9.17, 15) is 4.79 Å². The molecule has 1 aliphatic carbocycles. The minimum atomic E-state index is -0.221. The summed E-state index contributed by atoms with van der Waals surface area (Å²) < 4.78 is 2.32. The van der Waals surface area contributed by atoms with Crippen LogP contribution in [0.2, 0.25) is 0 Å². The zero-order valence-electron chi connectivity index (χ0n) is 21.5. The van der Waals surface area contributed by atoms with Crippen LogP contribution >= 0.6 is 0 Å². The summed E-state index contributed by atoms with van der Waals surface area (Å²) in [6.07, 6.45) is 3.66. The number of carbonyl (C=O) groups is 1. The number of rotatable bonds is 3. The van der Waals surface area contributed by atoms with E-state index in [0.29, 0.717) is 6.42 Å². The number of hydrogen-bond donors (Lipinski definition) is 2. The highest BCUT2D eigenvalue weighted by atomic mass is 16.1. The normalized spacial score (nSPS) is 18.8. The van der Waals surface area contributed by atoms with Crippen molar-refractivity contribution in [1.82, 2.24) is 4.57 Å². The average molecular weight is 476 g/mol. The highest BCUT2D eigenvalue weighted by Crippen LogP contribution is 2.47. The molecule has 182 valence electrons. The lowest BCUT2D eigenvalue weighted by Crippen LogP contribution is -2.31. The van der Waals surface area contributed by atoms with Crippen molar-refractivity contribution >= 4 is 28.1 Å². The molecular formula is C32H33N3O. The summed E-state index contributed by atoms with van der Waals surface area (Å²) in [7, 11) is 0. The SMILES string of the molecule is Cc1cc2c(cc1C)N[C@H](c1cn(Cc3ccccc3)c3ccccc13)C1=C(CC(C)(C)CC1=O)N2. The molecule has 0 radical (unpaired) electrons. The lowest BCUT2D eigenvalue weighted by atomic mass is 9.73. The molecule has 1 aromatic heterocycles. The first-order valence-corrected chi connectivity index (χ1v) is 12.8. The number of nitrogens with zero attached hydrogens (tertiary/aromatic N) is 1. The Morgan fingerprint density at radius 3 is 2.39 bits per heavy atom. The molecule has 4 heteroatoms. The van der Waals surface area contributed by atoms with E-state index in [0.717, 1.165) is 41.2 Å².